The van der Waals surface area contributed by atoms with E-state index in [0.29, 0.717) is 12.3 Å². The Kier molecular flexibility index (Phi) is 7.21. The summed E-state index contributed by atoms with van der Waals surface area (Å²) in [5.74, 6) is 0.736. The summed E-state index contributed by atoms with van der Waals surface area (Å²) in [5, 5.41) is 0. The lowest BCUT2D eigenvalue weighted by Gasteiger charge is -2.35. The smallest absolute Gasteiger partial charge is 0.254 e. The molecule has 5 nitrogen and oxygen atoms in total. The van der Waals surface area contributed by atoms with Gasteiger partial charge in [0, 0.05) is 58.3 Å². The monoisotopic (exact) mass is 359 g/mol. The van der Waals surface area contributed by atoms with E-state index >= 15 is 0 Å². The Morgan fingerprint density at radius 1 is 1.12 bits per heavy atom. The Morgan fingerprint density at radius 2 is 1.77 bits per heavy atom. The highest BCUT2D eigenvalue weighted by Gasteiger charge is 2.23. The van der Waals surface area contributed by atoms with Crippen LogP contribution in [0.5, 0.6) is 0 Å². The molecule has 0 aromatic heterocycles. The molecule has 5 heteroatoms. The second-order valence-electron chi connectivity index (χ2n) is 7.87. The lowest BCUT2D eigenvalue weighted by Crippen LogP contribution is -2.50. The SMILES string of the molecule is Cc1ccc(C(=O)N2CCN(CCN(C)C(=O)CC(C)C)CC2)c(C)c1. The molecule has 1 aromatic carbocycles. The summed E-state index contributed by atoms with van der Waals surface area (Å²) in [4.78, 5) is 30.9. The van der Waals surface area contributed by atoms with Crippen molar-refractivity contribution in [1.29, 1.82) is 0 Å². The number of rotatable bonds is 6. The maximum absolute atomic E-state index is 12.8. The van der Waals surface area contributed by atoms with Crippen molar-refractivity contribution in [3.63, 3.8) is 0 Å². The van der Waals surface area contributed by atoms with Crippen molar-refractivity contribution in [2.75, 3.05) is 46.3 Å². The molecule has 1 fully saturated rings. The Labute approximate surface area is 158 Å². The van der Waals surface area contributed by atoms with Gasteiger partial charge >= 0.3 is 0 Å². The van der Waals surface area contributed by atoms with Gasteiger partial charge in [0.15, 0.2) is 0 Å². The second-order valence-corrected chi connectivity index (χ2v) is 7.87. The zero-order valence-electron chi connectivity index (χ0n) is 16.9. The Bertz CT molecular complexity index is 634. The first kappa shape index (κ1) is 20.4. The molecule has 0 saturated carbocycles. The fourth-order valence-corrected chi connectivity index (χ4v) is 3.32. The Morgan fingerprint density at radius 3 is 2.35 bits per heavy atom. The highest BCUT2D eigenvalue weighted by molar-refractivity contribution is 5.95. The van der Waals surface area contributed by atoms with Gasteiger partial charge in [0.1, 0.15) is 0 Å². The van der Waals surface area contributed by atoms with Crippen molar-refractivity contribution in [3.8, 4) is 0 Å². The first-order valence-electron chi connectivity index (χ1n) is 9.60. The van der Waals surface area contributed by atoms with Crippen LogP contribution in [0.25, 0.3) is 0 Å². The predicted octanol–water partition coefficient (Wildman–Crippen LogP) is 2.57. The minimum Gasteiger partial charge on any atom is -0.344 e. The fraction of sp³-hybridized carbons (Fsp3) is 0.619. The zero-order valence-corrected chi connectivity index (χ0v) is 16.9. The minimum absolute atomic E-state index is 0.131. The van der Waals surface area contributed by atoms with E-state index in [1.165, 1.54) is 5.56 Å². The molecule has 1 heterocycles. The van der Waals surface area contributed by atoms with E-state index in [1.807, 2.05) is 42.8 Å². The van der Waals surface area contributed by atoms with Crippen LogP contribution in [0.1, 0.15) is 41.8 Å². The molecule has 0 spiro atoms. The molecule has 0 aliphatic carbocycles. The Balaban J connectivity index is 1.80. The van der Waals surface area contributed by atoms with Crippen molar-refractivity contribution in [3.05, 3.63) is 34.9 Å². The third kappa shape index (κ3) is 5.56. The number of benzene rings is 1. The van der Waals surface area contributed by atoms with E-state index in [0.717, 1.165) is 50.4 Å². The summed E-state index contributed by atoms with van der Waals surface area (Å²) < 4.78 is 0. The van der Waals surface area contributed by atoms with Crippen LogP contribution in [-0.4, -0.2) is 72.8 Å². The molecule has 0 bridgehead atoms. The highest BCUT2D eigenvalue weighted by atomic mass is 16.2. The van der Waals surface area contributed by atoms with Crippen molar-refractivity contribution in [2.24, 2.45) is 5.92 Å². The maximum Gasteiger partial charge on any atom is 0.254 e. The fourth-order valence-electron chi connectivity index (χ4n) is 3.32. The molecule has 0 radical (unpaired) electrons. The van der Waals surface area contributed by atoms with Gasteiger partial charge in [0.2, 0.25) is 5.91 Å². The van der Waals surface area contributed by atoms with Crippen molar-refractivity contribution in [1.82, 2.24) is 14.7 Å². The number of aryl methyl sites for hydroxylation is 2. The average Bonchev–Trinajstić information content (AvgIpc) is 2.59. The van der Waals surface area contributed by atoms with Crippen LogP contribution in [0.15, 0.2) is 18.2 Å². The van der Waals surface area contributed by atoms with Gasteiger partial charge in [-0.1, -0.05) is 31.5 Å². The summed E-state index contributed by atoms with van der Waals surface area (Å²) in [6.07, 6.45) is 0.606. The number of nitrogens with zero attached hydrogens (tertiary/aromatic N) is 3. The zero-order chi connectivity index (χ0) is 19.3. The number of hydrogen-bond acceptors (Lipinski definition) is 3. The minimum atomic E-state index is 0.131. The van der Waals surface area contributed by atoms with E-state index in [4.69, 9.17) is 0 Å². The highest BCUT2D eigenvalue weighted by Crippen LogP contribution is 2.15. The molecule has 144 valence electrons. The third-order valence-electron chi connectivity index (χ3n) is 5.03. The standard InChI is InChI=1S/C21H33N3O2/c1-16(2)14-20(25)22(5)8-9-23-10-12-24(13-11-23)21(26)19-7-6-17(3)15-18(19)4/h6-7,15-16H,8-14H2,1-5H3. The molecular weight excluding hydrogens is 326 g/mol. The third-order valence-corrected chi connectivity index (χ3v) is 5.03. The van der Waals surface area contributed by atoms with Gasteiger partial charge in [-0.15, -0.1) is 0 Å². The quantitative estimate of drug-likeness (QED) is 0.784. The van der Waals surface area contributed by atoms with Crippen LogP contribution in [0.3, 0.4) is 0 Å². The molecule has 0 atom stereocenters. The number of piperazine rings is 1. The number of carbonyl (C=O) groups excluding carboxylic acids is 2. The molecule has 2 rings (SSSR count). The Hall–Kier alpha value is -1.88. The largest absolute Gasteiger partial charge is 0.344 e. The van der Waals surface area contributed by atoms with Gasteiger partial charge in [-0.05, 0) is 31.4 Å². The van der Waals surface area contributed by atoms with Crippen LogP contribution in [0.2, 0.25) is 0 Å². The lowest BCUT2D eigenvalue weighted by atomic mass is 10.0. The van der Waals surface area contributed by atoms with Crippen LogP contribution in [-0.2, 0) is 4.79 Å². The molecular formula is C21H33N3O2. The van der Waals surface area contributed by atoms with Crippen molar-refractivity contribution < 1.29 is 9.59 Å². The number of likely N-dealkylation sites (N-methyl/N-ethyl adjacent to an activating group) is 1. The molecule has 0 N–H and O–H groups in total. The molecule has 1 saturated heterocycles. The van der Waals surface area contributed by atoms with E-state index in [1.54, 1.807) is 0 Å². The lowest BCUT2D eigenvalue weighted by molar-refractivity contribution is -0.130. The van der Waals surface area contributed by atoms with Crippen LogP contribution in [0.4, 0.5) is 0 Å². The number of carbonyl (C=O) groups is 2. The first-order valence-corrected chi connectivity index (χ1v) is 9.60. The van der Waals surface area contributed by atoms with Crippen molar-refractivity contribution in [2.45, 2.75) is 34.1 Å². The summed E-state index contributed by atoms with van der Waals surface area (Å²) in [6, 6.07) is 6.00. The molecule has 26 heavy (non-hydrogen) atoms. The molecule has 0 unspecified atom stereocenters. The predicted molar refractivity (Wildman–Crippen MR) is 105 cm³/mol. The second kappa shape index (κ2) is 9.17. The summed E-state index contributed by atoms with van der Waals surface area (Å²) in [5.41, 5.74) is 3.03. The van der Waals surface area contributed by atoms with Gasteiger partial charge in [-0.3, -0.25) is 14.5 Å². The first-order chi connectivity index (χ1) is 12.3. The van der Waals surface area contributed by atoms with Crippen molar-refractivity contribution >= 4 is 11.8 Å². The van der Waals surface area contributed by atoms with Gasteiger partial charge in [0.05, 0.1) is 0 Å². The average molecular weight is 360 g/mol. The maximum atomic E-state index is 12.8. The molecule has 2 amide bonds. The van der Waals surface area contributed by atoms with Crippen LogP contribution >= 0.6 is 0 Å². The van der Waals surface area contributed by atoms with E-state index < -0.39 is 0 Å². The summed E-state index contributed by atoms with van der Waals surface area (Å²) in [6.45, 7) is 13.0. The van der Waals surface area contributed by atoms with Crippen LogP contribution < -0.4 is 0 Å². The normalized spacial score (nSPS) is 15.4. The van der Waals surface area contributed by atoms with Crippen LogP contribution in [0, 0.1) is 19.8 Å². The molecule has 1 aromatic rings. The van der Waals surface area contributed by atoms with Gasteiger partial charge in [0.25, 0.3) is 5.91 Å². The number of amides is 2. The molecule has 1 aliphatic heterocycles. The van der Waals surface area contributed by atoms with E-state index in [2.05, 4.69) is 24.8 Å². The van der Waals surface area contributed by atoms with Gasteiger partial charge in [-0.2, -0.15) is 0 Å². The molecule has 1 aliphatic rings. The van der Waals surface area contributed by atoms with E-state index in [-0.39, 0.29) is 11.8 Å². The summed E-state index contributed by atoms with van der Waals surface area (Å²) in [7, 11) is 1.88. The van der Waals surface area contributed by atoms with E-state index in [9.17, 15) is 9.59 Å². The van der Waals surface area contributed by atoms with Gasteiger partial charge < -0.3 is 9.80 Å². The topological polar surface area (TPSA) is 43.9 Å². The van der Waals surface area contributed by atoms with Gasteiger partial charge in [-0.25, -0.2) is 0 Å². The number of hydrogen-bond donors (Lipinski definition) is 0. The summed E-state index contributed by atoms with van der Waals surface area (Å²) >= 11 is 0.